The van der Waals surface area contributed by atoms with Crippen LogP contribution in [0.4, 0.5) is 0 Å². The topological polar surface area (TPSA) is 109 Å². The Morgan fingerprint density at radius 1 is 0.953 bits per heavy atom. The lowest BCUT2D eigenvalue weighted by atomic mass is 9.63. The summed E-state index contributed by atoms with van der Waals surface area (Å²) < 4.78 is 33.6. The van der Waals surface area contributed by atoms with Crippen molar-refractivity contribution in [1.29, 1.82) is 0 Å². The van der Waals surface area contributed by atoms with Crippen molar-refractivity contribution in [3.63, 3.8) is 0 Å². The molecule has 1 saturated carbocycles. The summed E-state index contributed by atoms with van der Waals surface area (Å²) in [5.74, 6) is -0.254. The third-order valence-electron chi connectivity index (χ3n) is 9.46. The zero-order valence-corrected chi connectivity index (χ0v) is 25.9. The Bertz CT molecular complexity index is 1470. The second-order valence-electron chi connectivity index (χ2n) is 11.3. The Hall–Kier alpha value is -3.47. The summed E-state index contributed by atoms with van der Waals surface area (Å²) >= 11 is 0. The second-order valence-corrected chi connectivity index (χ2v) is 11.3. The molecule has 1 aliphatic carbocycles. The smallest absolute Gasteiger partial charge is 0.338 e. The van der Waals surface area contributed by atoms with Crippen molar-refractivity contribution in [3.8, 4) is 17.2 Å². The van der Waals surface area contributed by atoms with Crippen LogP contribution < -0.4 is 14.2 Å². The van der Waals surface area contributed by atoms with Gasteiger partial charge in [0, 0.05) is 36.8 Å². The number of fused-ring (bicyclic) bond motifs is 6. The van der Waals surface area contributed by atoms with Crippen LogP contribution in [0, 0.1) is 17.8 Å². The number of hydrogen-bond donors (Lipinski definition) is 1. The van der Waals surface area contributed by atoms with E-state index in [0.29, 0.717) is 23.7 Å². The number of aromatic amines is 1. The maximum atomic E-state index is 13.5. The van der Waals surface area contributed by atoms with Gasteiger partial charge in [-0.2, -0.15) is 0 Å². The summed E-state index contributed by atoms with van der Waals surface area (Å²) in [6, 6.07) is 11.7. The lowest BCUT2D eigenvalue weighted by molar-refractivity contribution is -0.176. The Morgan fingerprint density at radius 2 is 1.67 bits per heavy atom. The van der Waals surface area contributed by atoms with E-state index in [1.165, 1.54) is 45.1 Å². The zero-order chi connectivity index (χ0) is 29.5. The molecule has 43 heavy (non-hydrogen) atoms. The number of rotatable bonds is 7. The highest BCUT2D eigenvalue weighted by Crippen LogP contribution is 2.50. The van der Waals surface area contributed by atoms with Crippen LogP contribution >= 0.6 is 12.4 Å². The molecule has 232 valence electrons. The molecular weight excluding hydrogens is 576 g/mol. The van der Waals surface area contributed by atoms with E-state index in [1.54, 1.807) is 19.2 Å². The Balaban J connectivity index is 0.00000368. The fraction of sp³-hybridized carbons (Fsp3) is 0.500. The van der Waals surface area contributed by atoms with Crippen LogP contribution in [0.1, 0.15) is 40.5 Å². The number of nitrogens with one attached hydrogen (secondary N) is 1. The van der Waals surface area contributed by atoms with Crippen LogP contribution in [0.3, 0.4) is 0 Å². The number of carbonyl (C=O) groups is 2. The minimum Gasteiger partial charge on any atom is -0.493 e. The van der Waals surface area contributed by atoms with Gasteiger partial charge in [0.2, 0.25) is 5.75 Å². The van der Waals surface area contributed by atoms with Crippen molar-refractivity contribution < 1.29 is 38.0 Å². The molecular formula is C32H39ClN2O8. The van der Waals surface area contributed by atoms with Crippen LogP contribution in [0.2, 0.25) is 0 Å². The maximum Gasteiger partial charge on any atom is 0.338 e. The molecule has 11 heteroatoms. The number of esters is 2. The summed E-state index contributed by atoms with van der Waals surface area (Å²) in [6.45, 7) is 1.74. The third-order valence-corrected chi connectivity index (χ3v) is 9.46. The van der Waals surface area contributed by atoms with E-state index in [9.17, 15) is 9.59 Å². The largest absolute Gasteiger partial charge is 0.493 e. The fourth-order valence-electron chi connectivity index (χ4n) is 7.60. The monoisotopic (exact) mass is 614 g/mol. The van der Waals surface area contributed by atoms with Gasteiger partial charge in [-0.15, -0.1) is 12.4 Å². The molecule has 0 unspecified atom stereocenters. The molecule has 2 fully saturated rings. The quantitative estimate of drug-likeness (QED) is 0.382. The molecule has 1 saturated heterocycles. The van der Waals surface area contributed by atoms with Crippen molar-refractivity contribution in [1.82, 2.24) is 9.88 Å². The number of halogens is 1. The first kappa shape index (κ1) is 31.0. The van der Waals surface area contributed by atoms with E-state index in [1.807, 2.05) is 0 Å². The minimum atomic E-state index is -0.651. The van der Waals surface area contributed by atoms with Gasteiger partial charge in [0.25, 0.3) is 0 Å². The first-order valence-electron chi connectivity index (χ1n) is 14.4. The number of hydrogen-bond acceptors (Lipinski definition) is 9. The van der Waals surface area contributed by atoms with Crippen LogP contribution in [-0.2, 0) is 25.4 Å². The normalized spacial score (nSPS) is 26.3. The van der Waals surface area contributed by atoms with Gasteiger partial charge in [-0.1, -0.05) is 18.2 Å². The summed E-state index contributed by atoms with van der Waals surface area (Å²) in [6.07, 6.45) is 1.04. The van der Waals surface area contributed by atoms with E-state index in [-0.39, 0.29) is 41.8 Å². The second kappa shape index (κ2) is 12.6. The lowest BCUT2D eigenvalue weighted by Gasteiger charge is -2.52. The standard InChI is InChI=1S/C32H38N2O8.ClH/c1-37-24-12-17(13-25(38-2)29(24)39-3)31(35)42-26-14-18-16-34-11-10-20-19-8-6-7-9-22(19)33-28(20)23(34)15-21(18)27(30(26)40-4)32(36)41-5;/h6-9,12-13,18,21,23,26-27,30,33H,10-11,14-16H2,1-5H3;1H/t18-,21+,23-,26-,27+,30+;/m1./s1. The number of H-pyrrole nitrogens is 1. The fourth-order valence-corrected chi connectivity index (χ4v) is 7.60. The third kappa shape index (κ3) is 5.30. The number of nitrogens with zero attached hydrogens (tertiary/aromatic N) is 1. The van der Waals surface area contributed by atoms with E-state index in [0.717, 1.165) is 31.4 Å². The SMILES string of the molecule is COC(=O)[C@H]1[C@H]2C[C@@H]3c4[nH]c5ccccc5c4CCN3C[C@H]2C[C@@H](OC(=O)c2cc(OC)c(OC)c(OC)c2)[C@@H]1OC.Cl. The van der Waals surface area contributed by atoms with Crippen molar-refractivity contribution in [2.45, 2.75) is 37.5 Å². The van der Waals surface area contributed by atoms with Crippen LogP contribution in [0.25, 0.3) is 10.9 Å². The number of piperidine rings is 1. The van der Waals surface area contributed by atoms with E-state index >= 15 is 0 Å². The molecule has 2 aliphatic heterocycles. The average Bonchev–Trinajstić information content (AvgIpc) is 3.41. The predicted molar refractivity (Wildman–Crippen MR) is 161 cm³/mol. The van der Waals surface area contributed by atoms with Gasteiger partial charge >= 0.3 is 11.9 Å². The van der Waals surface area contributed by atoms with Crippen LogP contribution in [-0.4, -0.2) is 82.7 Å². The lowest BCUT2D eigenvalue weighted by Crippen LogP contribution is -2.58. The molecule has 1 aromatic heterocycles. The van der Waals surface area contributed by atoms with Crippen molar-refractivity contribution in [2.75, 3.05) is 48.6 Å². The van der Waals surface area contributed by atoms with E-state index < -0.39 is 24.1 Å². The summed E-state index contributed by atoms with van der Waals surface area (Å²) in [5.41, 5.74) is 4.01. The highest BCUT2D eigenvalue weighted by molar-refractivity contribution is 5.91. The molecule has 2 aromatic carbocycles. The van der Waals surface area contributed by atoms with Gasteiger partial charge in [-0.05, 0) is 54.9 Å². The molecule has 0 bridgehead atoms. The van der Waals surface area contributed by atoms with Crippen molar-refractivity contribution in [3.05, 3.63) is 53.2 Å². The van der Waals surface area contributed by atoms with Crippen molar-refractivity contribution in [2.24, 2.45) is 17.8 Å². The van der Waals surface area contributed by atoms with E-state index in [4.69, 9.17) is 28.4 Å². The first-order chi connectivity index (χ1) is 20.4. The van der Waals surface area contributed by atoms with Gasteiger partial charge in [0.05, 0.1) is 46.0 Å². The maximum absolute atomic E-state index is 13.5. The molecule has 0 spiro atoms. The van der Waals surface area contributed by atoms with Crippen LogP contribution in [0.15, 0.2) is 36.4 Å². The molecule has 10 nitrogen and oxygen atoms in total. The molecule has 3 aromatic rings. The van der Waals surface area contributed by atoms with Gasteiger partial charge < -0.3 is 33.4 Å². The number of ether oxygens (including phenoxy) is 6. The Morgan fingerprint density at radius 3 is 2.33 bits per heavy atom. The Labute approximate surface area is 257 Å². The molecule has 3 heterocycles. The molecule has 1 N–H and O–H groups in total. The molecule has 0 radical (unpaired) electrons. The molecule has 6 rings (SSSR count). The van der Waals surface area contributed by atoms with Gasteiger partial charge in [0.15, 0.2) is 11.5 Å². The number of aromatic nitrogens is 1. The highest BCUT2D eigenvalue weighted by Gasteiger charge is 2.54. The number of carbonyl (C=O) groups excluding carboxylic acids is 2. The van der Waals surface area contributed by atoms with Gasteiger partial charge in [0.1, 0.15) is 12.2 Å². The number of para-hydroxylation sites is 1. The predicted octanol–water partition coefficient (Wildman–Crippen LogP) is 4.58. The number of methoxy groups -OCH3 is 5. The molecule has 0 amide bonds. The first-order valence-corrected chi connectivity index (χ1v) is 14.4. The highest BCUT2D eigenvalue weighted by atomic mass is 35.5. The molecule has 3 aliphatic rings. The summed E-state index contributed by atoms with van der Waals surface area (Å²) in [5, 5.41) is 1.27. The van der Waals surface area contributed by atoms with Crippen molar-refractivity contribution >= 4 is 35.2 Å². The Kier molecular flexibility index (Phi) is 9.10. The summed E-state index contributed by atoms with van der Waals surface area (Å²) in [4.78, 5) is 33.1. The zero-order valence-electron chi connectivity index (χ0n) is 25.1. The van der Waals surface area contributed by atoms with Gasteiger partial charge in [-0.25, -0.2) is 4.79 Å². The molecule has 6 atom stereocenters. The minimum absolute atomic E-state index is 0. The van der Waals surface area contributed by atoms with E-state index in [2.05, 4.69) is 34.1 Å². The van der Waals surface area contributed by atoms with Gasteiger partial charge in [-0.3, -0.25) is 9.69 Å². The van der Waals surface area contributed by atoms with Crippen LogP contribution in [0.5, 0.6) is 17.2 Å². The average molecular weight is 615 g/mol. The summed E-state index contributed by atoms with van der Waals surface area (Å²) in [7, 11) is 7.45. The number of benzene rings is 2.